The Morgan fingerprint density at radius 2 is 2.00 bits per heavy atom. The molecule has 1 rings (SSSR count). The smallest absolute Gasteiger partial charge is 0.352 e. The predicted octanol–water partition coefficient (Wildman–Crippen LogP) is 2.42. The number of benzene rings is 1. The Bertz CT molecular complexity index is 502. The van der Waals surface area contributed by atoms with E-state index in [9.17, 15) is 32.5 Å². The van der Waals surface area contributed by atoms with Gasteiger partial charge in [0.2, 0.25) is 5.82 Å². The molecule has 0 unspecified atom stereocenters. The summed E-state index contributed by atoms with van der Waals surface area (Å²) in [5.41, 5.74) is -1.58. The molecule has 104 valence electrons. The number of rotatable bonds is 4. The van der Waals surface area contributed by atoms with Gasteiger partial charge in [0, 0.05) is 12.6 Å². The van der Waals surface area contributed by atoms with Gasteiger partial charge in [0.15, 0.2) is 0 Å². The second-order valence-corrected chi connectivity index (χ2v) is 3.52. The molecule has 0 fully saturated rings. The first-order chi connectivity index (χ1) is 8.72. The number of nitrogens with one attached hydrogen (secondary N) is 1. The minimum Gasteiger partial charge on any atom is -0.352 e. The number of nitro benzene ring substituents is 1. The van der Waals surface area contributed by atoms with E-state index in [-0.39, 0.29) is 0 Å². The van der Waals surface area contributed by atoms with Gasteiger partial charge in [-0.15, -0.1) is 0 Å². The zero-order chi connectivity index (χ0) is 14.6. The molecule has 9 heteroatoms. The van der Waals surface area contributed by atoms with Gasteiger partial charge in [-0.2, -0.15) is 17.6 Å². The third-order valence-electron chi connectivity index (χ3n) is 2.11. The first kappa shape index (κ1) is 14.9. The maximum Gasteiger partial charge on any atom is 0.390 e. The molecule has 1 aromatic rings. The summed E-state index contributed by atoms with van der Waals surface area (Å²) in [5.74, 6) is -2.51. The molecule has 0 saturated heterocycles. The third kappa shape index (κ3) is 4.19. The van der Waals surface area contributed by atoms with Crippen LogP contribution in [-0.4, -0.2) is 23.6 Å². The van der Waals surface area contributed by atoms with E-state index in [4.69, 9.17) is 0 Å². The van der Waals surface area contributed by atoms with Gasteiger partial charge in [-0.05, 0) is 6.07 Å². The van der Waals surface area contributed by atoms with Crippen LogP contribution in [0.15, 0.2) is 18.2 Å². The fourth-order valence-electron chi connectivity index (χ4n) is 1.25. The fraction of sp³-hybridized carbons (Fsp3) is 0.300. The molecule has 0 saturated carbocycles. The van der Waals surface area contributed by atoms with Crippen molar-refractivity contribution in [3.8, 4) is 0 Å². The molecule has 19 heavy (non-hydrogen) atoms. The number of hydrogen-bond donors (Lipinski definition) is 1. The molecule has 1 aromatic carbocycles. The van der Waals surface area contributed by atoms with Gasteiger partial charge in [-0.1, -0.05) is 6.07 Å². The summed E-state index contributed by atoms with van der Waals surface area (Å²) in [6, 6.07) is 2.87. The Morgan fingerprint density at radius 3 is 2.53 bits per heavy atom. The number of carbonyl (C=O) groups excluding carboxylic acids is 1. The van der Waals surface area contributed by atoms with Crippen molar-refractivity contribution in [3.05, 3.63) is 39.7 Å². The van der Waals surface area contributed by atoms with Gasteiger partial charge < -0.3 is 5.32 Å². The molecule has 0 aliphatic carbocycles. The maximum absolute atomic E-state index is 13.5. The molecule has 0 bridgehead atoms. The van der Waals surface area contributed by atoms with Crippen LogP contribution in [0.4, 0.5) is 23.2 Å². The van der Waals surface area contributed by atoms with E-state index in [1.807, 2.05) is 5.32 Å². The molecule has 5 nitrogen and oxygen atoms in total. The van der Waals surface area contributed by atoms with Gasteiger partial charge in [0.05, 0.1) is 16.9 Å². The second-order valence-electron chi connectivity index (χ2n) is 3.52. The van der Waals surface area contributed by atoms with Crippen LogP contribution in [0.3, 0.4) is 0 Å². The number of carbonyl (C=O) groups is 1. The standard InChI is InChI=1S/C10H8F4N2O3/c11-8-6(2-1-3-7(8)16(18)19)9(17)15-5-4-10(12,13)14/h1-3H,4-5H2,(H,15,17). The van der Waals surface area contributed by atoms with Gasteiger partial charge in [0.25, 0.3) is 5.91 Å². The number of nitrogens with zero attached hydrogens (tertiary/aromatic N) is 1. The SMILES string of the molecule is O=C(NCCC(F)(F)F)c1cccc([N+](=O)[O-])c1F. The maximum atomic E-state index is 13.5. The van der Waals surface area contributed by atoms with Crippen LogP contribution in [0, 0.1) is 15.9 Å². The summed E-state index contributed by atoms with van der Waals surface area (Å²) in [6.45, 7) is -0.732. The van der Waals surface area contributed by atoms with E-state index in [1.165, 1.54) is 0 Å². The van der Waals surface area contributed by atoms with Crippen molar-refractivity contribution >= 4 is 11.6 Å². The third-order valence-corrected chi connectivity index (χ3v) is 2.11. The zero-order valence-corrected chi connectivity index (χ0v) is 9.33. The second kappa shape index (κ2) is 5.63. The summed E-state index contributed by atoms with van der Waals surface area (Å²) in [6.07, 6.45) is -5.72. The molecule has 0 spiro atoms. The lowest BCUT2D eigenvalue weighted by Gasteiger charge is -2.08. The van der Waals surface area contributed by atoms with Crippen molar-refractivity contribution in [2.24, 2.45) is 0 Å². The van der Waals surface area contributed by atoms with Crippen LogP contribution in [-0.2, 0) is 0 Å². The first-order valence-electron chi connectivity index (χ1n) is 5.00. The molecule has 0 aromatic heterocycles. The quantitative estimate of drug-likeness (QED) is 0.523. The summed E-state index contributed by atoms with van der Waals surface area (Å²) in [4.78, 5) is 20.8. The molecule has 0 aliphatic rings. The number of nitro groups is 1. The van der Waals surface area contributed by atoms with Crippen LogP contribution in [0.2, 0.25) is 0 Å². The zero-order valence-electron chi connectivity index (χ0n) is 9.33. The molecule has 0 radical (unpaired) electrons. The van der Waals surface area contributed by atoms with E-state index in [2.05, 4.69) is 0 Å². The van der Waals surface area contributed by atoms with E-state index in [0.717, 1.165) is 18.2 Å². The highest BCUT2D eigenvalue weighted by molar-refractivity contribution is 5.95. The first-order valence-corrected chi connectivity index (χ1v) is 5.00. The average Bonchev–Trinajstić information content (AvgIpc) is 2.26. The van der Waals surface area contributed by atoms with Crippen LogP contribution in [0.5, 0.6) is 0 Å². The fourth-order valence-corrected chi connectivity index (χ4v) is 1.25. The van der Waals surface area contributed by atoms with Gasteiger partial charge in [-0.25, -0.2) is 0 Å². The molecule has 0 atom stereocenters. The van der Waals surface area contributed by atoms with Crippen molar-refractivity contribution in [2.45, 2.75) is 12.6 Å². The monoisotopic (exact) mass is 280 g/mol. The Kier molecular flexibility index (Phi) is 4.41. The van der Waals surface area contributed by atoms with Crippen molar-refractivity contribution < 1.29 is 27.3 Å². The number of alkyl halides is 3. The van der Waals surface area contributed by atoms with Crippen molar-refractivity contribution in [2.75, 3.05) is 6.54 Å². The van der Waals surface area contributed by atoms with E-state index in [0.29, 0.717) is 0 Å². The van der Waals surface area contributed by atoms with E-state index < -0.39 is 47.0 Å². The molecule has 1 N–H and O–H groups in total. The normalized spacial score (nSPS) is 11.2. The highest BCUT2D eigenvalue weighted by Gasteiger charge is 2.27. The lowest BCUT2D eigenvalue weighted by molar-refractivity contribution is -0.387. The largest absolute Gasteiger partial charge is 0.390 e. The lowest BCUT2D eigenvalue weighted by atomic mass is 10.1. The van der Waals surface area contributed by atoms with Crippen LogP contribution < -0.4 is 5.32 Å². The topological polar surface area (TPSA) is 72.2 Å². The highest BCUT2D eigenvalue weighted by Crippen LogP contribution is 2.21. The molecule has 0 aliphatic heterocycles. The molecule has 0 heterocycles. The number of amides is 1. The lowest BCUT2D eigenvalue weighted by Crippen LogP contribution is -2.28. The highest BCUT2D eigenvalue weighted by atomic mass is 19.4. The molecular weight excluding hydrogens is 272 g/mol. The minimum atomic E-state index is -4.45. The van der Waals surface area contributed by atoms with Gasteiger partial charge in [-0.3, -0.25) is 14.9 Å². The van der Waals surface area contributed by atoms with E-state index >= 15 is 0 Å². The minimum absolute atomic E-state index is 0.670. The Hall–Kier alpha value is -2.19. The van der Waals surface area contributed by atoms with Crippen LogP contribution in [0.1, 0.15) is 16.8 Å². The Balaban J connectivity index is 2.78. The summed E-state index contributed by atoms with van der Waals surface area (Å²) in [5, 5.41) is 12.3. The van der Waals surface area contributed by atoms with Crippen molar-refractivity contribution in [1.82, 2.24) is 5.32 Å². The average molecular weight is 280 g/mol. The van der Waals surface area contributed by atoms with E-state index in [1.54, 1.807) is 0 Å². The van der Waals surface area contributed by atoms with Crippen LogP contribution >= 0.6 is 0 Å². The molecule has 1 amide bonds. The van der Waals surface area contributed by atoms with Crippen LogP contribution in [0.25, 0.3) is 0 Å². The summed E-state index contributed by atoms with van der Waals surface area (Å²) >= 11 is 0. The van der Waals surface area contributed by atoms with Crippen molar-refractivity contribution in [3.63, 3.8) is 0 Å². The summed E-state index contributed by atoms with van der Waals surface area (Å²) in [7, 11) is 0. The molecular formula is C10H8F4N2O3. The Morgan fingerprint density at radius 1 is 1.37 bits per heavy atom. The summed E-state index contributed by atoms with van der Waals surface area (Å²) < 4.78 is 49.0. The van der Waals surface area contributed by atoms with Gasteiger partial charge in [0.1, 0.15) is 0 Å². The van der Waals surface area contributed by atoms with Crippen molar-refractivity contribution in [1.29, 1.82) is 0 Å². The predicted molar refractivity (Wildman–Crippen MR) is 56.1 cm³/mol. The van der Waals surface area contributed by atoms with Gasteiger partial charge >= 0.3 is 11.9 Å². The number of hydrogen-bond acceptors (Lipinski definition) is 3. The Labute approximate surface area is 104 Å². The number of halogens is 4.